The number of carbonyl (C=O) groups is 1. The van der Waals surface area contributed by atoms with Gasteiger partial charge in [0.05, 0.1) is 5.54 Å². The number of amides is 1. The number of nitrogens with one attached hydrogen (secondary N) is 1. The summed E-state index contributed by atoms with van der Waals surface area (Å²) in [6.45, 7) is 9.66. The number of nitriles is 1. The zero-order valence-electron chi connectivity index (χ0n) is 17.5. The first-order chi connectivity index (χ1) is 13.4. The number of allylic oxidation sites excluding steroid dienone is 1. The Hall–Kier alpha value is -2.54. The van der Waals surface area contributed by atoms with Gasteiger partial charge in [0, 0.05) is 23.8 Å². The van der Waals surface area contributed by atoms with Crippen LogP contribution in [0.2, 0.25) is 0 Å². The second-order valence-electron chi connectivity index (χ2n) is 8.48. The third-order valence-corrected chi connectivity index (χ3v) is 5.93. The number of hydrogen-bond donors (Lipinski definition) is 1. The van der Waals surface area contributed by atoms with Crippen LogP contribution >= 0.6 is 0 Å². The number of fused-ring (bicyclic) bond motifs is 1. The predicted octanol–water partition coefficient (Wildman–Crippen LogP) is 5.06. The zero-order chi connectivity index (χ0) is 20.3. The normalized spacial score (nSPS) is 19.5. The molecule has 2 aliphatic rings. The molecule has 4 nitrogen and oxygen atoms in total. The van der Waals surface area contributed by atoms with Crippen LogP contribution in [0.4, 0.5) is 5.69 Å². The molecule has 4 heteroatoms. The van der Waals surface area contributed by atoms with Crippen LogP contribution in [0.15, 0.2) is 29.8 Å². The number of hydrogen-bond acceptors (Lipinski definition) is 3. The Kier molecular flexibility index (Phi) is 5.93. The predicted molar refractivity (Wildman–Crippen MR) is 116 cm³/mol. The number of rotatable bonds is 4. The second-order valence-corrected chi connectivity index (χ2v) is 8.48. The van der Waals surface area contributed by atoms with E-state index in [1.807, 2.05) is 6.07 Å². The van der Waals surface area contributed by atoms with E-state index in [0.717, 1.165) is 37.8 Å². The Labute approximate surface area is 168 Å². The Morgan fingerprint density at radius 3 is 2.68 bits per heavy atom. The van der Waals surface area contributed by atoms with E-state index in [1.54, 1.807) is 6.08 Å². The lowest BCUT2D eigenvalue weighted by atomic mass is 9.88. The van der Waals surface area contributed by atoms with Gasteiger partial charge in [-0.25, -0.2) is 0 Å². The second kappa shape index (κ2) is 8.22. The molecule has 0 radical (unpaired) electrons. The van der Waals surface area contributed by atoms with Crippen LogP contribution in [0, 0.1) is 11.3 Å². The Morgan fingerprint density at radius 1 is 1.32 bits per heavy atom. The fraction of sp³-hybridized carbons (Fsp3) is 0.500. The molecule has 0 aromatic heterocycles. The van der Waals surface area contributed by atoms with Gasteiger partial charge in [0.25, 0.3) is 5.91 Å². The average molecular weight is 378 g/mol. The number of nitrogens with zero attached hydrogens (tertiary/aromatic N) is 2. The molecular weight excluding hydrogens is 346 g/mol. The molecule has 1 aromatic carbocycles. The summed E-state index contributed by atoms with van der Waals surface area (Å²) in [6, 6.07) is 8.49. The Morgan fingerprint density at radius 2 is 2.04 bits per heavy atom. The molecule has 1 amide bonds. The maximum atomic E-state index is 12.6. The molecule has 0 unspecified atom stereocenters. The van der Waals surface area contributed by atoms with Crippen LogP contribution in [0.1, 0.15) is 70.9 Å². The van der Waals surface area contributed by atoms with Crippen molar-refractivity contribution in [3.05, 3.63) is 41.0 Å². The quantitative estimate of drug-likeness (QED) is 0.589. The third kappa shape index (κ3) is 4.14. The molecule has 1 aliphatic heterocycles. The summed E-state index contributed by atoms with van der Waals surface area (Å²) in [6.07, 6.45) is 9.55. The van der Waals surface area contributed by atoms with Crippen LogP contribution in [-0.4, -0.2) is 24.0 Å². The van der Waals surface area contributed by atoms with Crippen LogP contribution in [0.25, 0.3) is 11.6 Å². The number of benzene rings is 1. The van der Waals surface area contributed by atoms with Gasteiger partial charge < -0.3 is 10.2 Å². The van der Waals surface area contributed by atoms with E-state index in [-0.39, 0.29) is 23.1 Å². The SMILES string of the molecule is CCN1c2ccc(/C=C(\C#N)C(=O)NC3CCCCC3)cc2C(C)=CC1(C)C. The molecule has 0 bridgehead atoms. The lowest BCUT2D eigenvalue weighted by Crippen LogP contribution is -2.44. The van der Waals surface area contributed by atoms with Gasteiger partial charge in [-0.3, -0.25) is 4.79 Å². The van der Waals surface area contributed by atoms with E-state index >= 15 is 0 Å². The molecule has 148 valence electrons. The number of likely N-dealkylation sites (N-methyl/N-ethyl adjacent to an activating group) is 1. The highest BCUT2D eigenvalue weighted by atomic mass is 16.1. The zero-order valence-corrected chi connectivity index (χ0v) is 17.5. The lowest BCUT2D eigenvalue weighted by Gasteiger charge is -2.42. The smallest absolute Gasteiger partial charge is 0.262 e. The molecule has 0 atom stereocenters. The summed E-state index contributed by atoms with van der Waals surface area (Å²) in [5.41, 5.74) is 4.63. The van der Waals surface area contributed by atoms with Crippen molar-refractivity contribution in [2.45, 2.75) is 71.4 Å². The van der Waals surface area contributed by atoms with Gasteiger partial charge in [-0.2, -0.15) is 5.26 Å². The first-order valence-electron chi connectivity index (χ1n) is 10.4. The first kappa shape index (κ1) is 20.2. The minimum Gasteiger partial charge on any atom is -0.363 e. The highest BCUT2D eigenvalue weighted by Gasteiger charge is 2.30. The molecular formula is C24H31N3O. The van der Waals surface area contributed by atoms with Crippen molar-refractivity contribution in [1.29, 1.82) is 5.26 Å². The van der Waals surface area contributed by atoms with E-state index in [4.69, 9.17) is 0 Å². The highest BCUT2D eigenvalue weighted by molar-refractivity contribution is 6.02. The fourth-order valence-electron chi connectivity index (χ4n) is 4.59. The minimum absolute atomic E-state index is 0.0269. The van der Waals surface area contributed by atoms with Crippen molar-refractivity contribution in [2.75, 3.05) is 11.4 Å². The average Bonchev–Trinajstić information content (AvgIpc) is 2.66. The van der Waals surface area contributed by atoms with Gasteiger partial charge in [0.1, 0.15) is 11.6 Å². The lowest BCUT2D eigenvalue weighted by molar-refractivity contribution is -0.117. The van der Waals surface area contributed by atoms with Crippen LogP contribution in [-0.2, 0) is 4.79 Å². The molecule has 1 fully saturated rings. The highest BCUT2D eigenvalue weighted by Crippen LogP contribution is 2.39. The summed E-state index contributed by atoms with van der Waals surface area (Å²) in [4.78, 5) is 14.9. The monoisotopic (exact) mass is 377 g/mol. The van der Waals surface area contributed by atoms with Crippen LogP contribution < -0.4 is 10.2 Å². The molecule has 28 heavy (non-hydrogen) atoms. The van der Waals surface area contributed by atoms with E-state index < -0.39 is 0 Å². The summed E-state index contributed by atoms with van der Waals surface area (Å²) >= 11 is 0. The molecule has 0 spiro atoms. The standard InChI is InChI=1S/C24H31N3O/c1-5-27-22-12-11-18(14-21(22)17(2)15-24(27,3)4)13-19(16-25)23(28)26-20-9-7-6-8-10-20/h11-15,20H,5-10H2,1-4H3,(H,26,28)/b19-13+. The van der Waals surface area contributed by atoms with Crippen molar-refractivity contribution in [3.8, 4) is 6.07 Å². The molecule has 1 saturated carbocycles. The molecule has 1 N–H and O–H groups in total. The topological polar surface area (TPSA) is 56.1 Å². The van der Waals surface area contributed by atoms with Gasteiger partial charge in [-0.15, -0.1) is 0 Å². The third-order valence-electron chi connectivity index (χ3n) is 5.93. The van der Waals surface area contributed by atoms with E-state index in [0.29, 0.717) is 0 Å². The van der Waals surface area contributed by atoms with Crippen LogP contribution in [0.3, 0.4) is 0 Å². The number of carbonyl (C=O) groups excluding carboxylic acids is 1. The molecule has 3 rings (SSSR count). The fourth-order valence-corrected chi connectivity index (χ4v) is 4.59. The molecule has 1 aromatic rings. The van der Waals surface area contributed by atoms with Crippen molar-refractivity contribution < 1.29 is 4.79 Å². The van der Waals surface area contributed by atoms with E-state index in [2.05, 4.69) is 62.2 Å². The van der Waals surface area contributed by atoms with Gasteiger partial charge in [-0.1, -0.05) is 31.4 Å². The van der Waals surface area contributed by atoms with Gasteiger partial charge >= 0.3 is 0 Å². The van der Waals surface area contributed by atoms with Crippen molar-refractivity contribution in [2.24, 2.45) is 0 Å². The van der Waals surface area contributed by atoms with E-state index in [9.17, 15) is 10.1 Å². The van der Waals surface area contributed by atoms with Crippen molar-refractivity contribution in [1.82, 2.24) is 5.32 Å². The molecule has 0 saturated heterocycles. The molecule has 1 aliphatic carbocycles. The summed E-state index contributed by atoms with van der Waals surface area (Å²) < 4.78 is 0. The van der Waals surface area contributed by atoms with Gasteiger partial charge in [-0.05, 0) is 69.9 Å². The maximum Gasteiger partial charge on any atom is 0.262 e. The minimum atomic E-state index is -0.254. The first-order valence-corrected chi connectivity index (χ1v) is 10.4. The Bertz CT molecular complexity index is 851. The summed E-state index contributed by atoms with van der Waals surface area (Å²) in [5.74, 6) is -0.254. The Balaban J connectivity index is 1.86. The maximum absolute atomic E-state index is 12.6. The van der Waals surface area contributed by atoms with Gasteiger partial charge in [0.15, 0.2) is 0 Å². The van der Waals surface area contributed by atoms with E-state index in [1.165, 1.54) is 23.2 Å². The van der Waals surface area contributed by atoms with Crippen molar-refractivity contribution >= 4 is 23.2 Å². The summed E-state index contributed by atoms with van der Waals surface area (Å²) in [7, 11) is 0. The van der Waals surface area contributed by atoms with Crippen LogP contribution in [0.5, 0.6) is 0 Å². The van der Waals surface area contributed by atoms with Gasteiger partial charge in [0.2, 0.25) is 0 Å². The molecule has 1 heterocycles. The summed E-state index contributed by atoms with van der Waals surface area (Å²) in [5, 5.41) is 12.6. The van der Waals surface area contributed by atoms with Crippen molar-refractivity contribution in [3.63, 3.8) is 0 Å². The largest absolute Gasteiger partial charge is 0.363 e. The number of anilines is 1.